The summed E-state index contributed by atoms with van der Waals surface area (Å²) in [5.74, 6) is -0.326. The fourth-order valence-electron chi connectivity index (χ4n) is 2.55. The van der Waals surface area contributed by atoms with E-state index >= 15 is 0 Å². The lowest BCUT2D eigenvalue weighted by molar-refractivity contribution is -0.131. The van der Waals surface area contributed by atoms with Crippen LogP contribution in [0, 0.1) is 0 Å². The normalized spacial score (nSPS) is 11.6. The number of carboxylic acids is 1. The third-order valence-corrected chi connectivity index (χ3v) is 5.95. The second-order valence-electron chi connectivity index (χ2n) is 5.75. The molecular formula is C20H18ClN3O2S2. The van der Waals surface area contributed by atoms with Gasteiger partial charge in [-0.05, 0) is 73.0 Å². The molecule has 0 atom stereocenters. The second kappa shape index (κ2) is 9.32. The largest absolute Gasteiger partial charge is 0.477 e. The van der Waals surface area contributed by atoms with Gasteiger partial charge in [0, 0.05) is 22.0 Å². The first-order valence-electron chi connectivity index (χ1n) is 8.48. The fourth-order valence-corrected chi connectivity index (χ4v) is 3.97. The Morgan fingerprint density at radius 2 is 1.82 bits per heavy atom. The summed E-state index contributed by atoms with van der Waals surface area (Å²) in [7, 11) is 0. The molecule has 8 heteroatoms. The minimum atomic E-state index is -1.00. The quantitative estimate of drug-likeness (QED) is 0.390. The summed E-state index contributed by atoms with van der Waals surface area (Å²) >= 11 is 8.69. The molecule has 1 aromatic heterocycles. The van der Waals surface area contributed by atoms with E-state index in [-0.39, 0.29) is 4.91 Å². The highest BCUT2D eigenvalue weighted by Crippen LogP contribution is 2.31. The molecule has 0 bridgehead atoms. The monoisotopic (exact) mass is 431 g/mol. The van der Waals surface area contributed by atoms with Gasteiger partial charge in [0.05, 0.1) is 0 Å². The highest BCUT2D eigenvalue weighted by molar-refractivity contribution is 8.04. The van der Waals surface area contributed by atoms with E-state index in [0.717, 1.165) is 27.8 Å². The smallest absolute Gasteiger partial charge is 0.342 e. The zero-order valence-corrected chi connectivity index (χ0v) is 17.7. The highest BCUT2D eigenvalue weighted by atomic mass is 35.5. The summed E-state index contributed by atoms with van der Waals surface area (Å²) in [6.45, 7) is 2.58. The number of rotatable bonds is 7. The first-order chi connectivity index (χ1) is 13.5. The first kappa shape index (κ1) is 20.5. The number of benzene rings is 2. The van der Waals surface area contributed by atoms with E-state index < -0.39 is 5.97 Å². The lowest BCUT2D eigenvalue weighted by Gasteiger charge is -2.08. The Morgan fingerprint density at radius 3 is 2.39 bits per heavy atom. The summed E-state index contributed by atoms with van der Waals surface area (Å²) in [5.41, 5.74) is 1.70. The minimum Gasteiger partial charge on any atom is -0.477 e. The van der Waals surface area contributed by atoms with Gasteiger partial charge in [-0.25, -0.2) is 4.79 Å². The van der Waals surface area contributed by atoms with Gasteiger partial charge in [0.2, 0.25) is 0 Å². The van der Waals surface area contributed by atoms with E-state index in [1.165, 1.54) is 0 Å². The van der Waals surface area contributed by atoms with E-state index in [4.69, 9.17) is 11.6 Å². The number of aliphatic carboxylic acids is 1. The molecule has 0 amide bonds. The number of hydrogen-bond acceptors (Lipinski definition) is 5. The molecule has 0 spiro atoms. The molecular weight excluding hydrogens is 414 g/mol. The number of carboxylic acid groups (broad SMARTS) is 1. The van der Waals surface area contributed by atoms with Crippen molar-refractivity contribution in [2.45, 2.75) is 23.5 Å². The lowest BCUT2D eigenvalue weighted by Crippen LogP contribution is -2.02. The predicted octanol–water partition coefficient (Wildman–Crippen LogP) is 5.56. The lowest BCUT2D eigenvalue weighted by atomic mass is 10.2. The highest BCUT2D eigenvalue weighted by Gasteiger charge is 2.18. The zero-order valence-electron chi connectivity index (χ0n) is 15.3. The first-order valence-corrected chi connectivity index (χ1v) is 10.9. The van der Waals surface area contributed by atoms with Crippen molar-refractivity contribution >= 4 is 47.2 Å². The Morgan fingerprint density at radius 1 is 1.14 bits per heavy atom. The van der Waals surface area contributed by atoms with Crippen molar-refractivity contribution in [2.75, 3.05) is 6.26 Å². The van der Waals surface area contributed by atoms with E-state index in [0.29, 0.717) is 22.5 Å². The van der Waals surface area contributed by atoms with E-state index in [1.807, 2.05) is 54.1 Å². The molecule has 0 saturated carbocycles. The van der Waals surface area contributed by atoms with E-state index in [1.54, 1.807) is 30.0 Å². The van der Waals surface area contributed by atoms with Crippen molar-refractivity contribution in [3.63, 3.8) is 0 Å². The molecule has 0 unspecified atom stereocenters. The maximum absolute atomic E-state index is 11.8. The van der Waals surface area contributed by atoms with Crippen LogP contribution in [0.1, 0.15) is 12.5 Å². The number of thioether (sulfide) groups is 2. The van der Waals surface area contributed by atoms with Crippen LogP contribution >= 0.6 is 35.1 Å². The number of aromatic nitrogens is 3. The van der Waals surface area contributed by atoms with E-state index in [9.17, 15) is 9.90 Å². The van der Waals surface area contributed by atoms with Crippen LogP contribution in [-0.2, 0) is 11.3 Å². The fraction of sp³-hybridized carbons (Fsp3) is 0.150. The molecule has 0 fully saturated rings. The van der Waals surface area contributed by atoms with Crippen LogP contribution < -0.4 is 0 Å². The van der Waals surface area contributed by atoms with Crippen LogP contribution in [0.4, 0.5) is 0 Å². The molecule has 1 heterocycles. The molecule has 0 aliphatic rings. The van der Waals surface area contributed by atoms with Crippen molar-refractivity contribution in [3.8, 4) is 11.4 Å². The SMILES string of the molecule is CCn1c(S/C(=C\c2ccc(SC)cc2)C(=O)O)nnc1-c1ccc(Cl)cc1. The van der Waals surface area contributed by atoms with Gasteiger partial charge in [0.1, 0.15) is 4.91 Å². The van der Waals surface area contributed by atoms with Crippen LogP contribution in [0.2, 0.25) is 5.02 Å². The van der Waals surface area contributed by atoms with Gasteiger partial charge >= 0.3 is 5.97 Å². The predicted molar refractivity (Wildman–Crippen MR) is 116 cm³/mol. The van der Waals surface area contributed by atoms with Crippen LogP contribution in [0.5, 0.6) is 0 Å². The summed E-state index contributed by atoms with van der Waals surface area (Å²) in [6.07, 6.45) is 3.65. The average molecular weight is 432 g/mol. The van der Waals surface area contributed by atoms with Gasteiger partial charge < -0.3 is 9.67 Å². The Kier molecular flexibility index (Phi) is 6.83. The Labute approximate surface area is 176 Å². The van der Waals surface area contributed by atoms with Crippen LogP contribution in [0.3, 0.4) is 0 Å². The van der Waals surface area contributed by atoms with Crippen molar-refractivity contribution in [1.29, 1.82) is 0 Å². The molecule has 28 heavy (non-hydrogen) atoms. The van der Waals surface area contributed by atoms with Crippen molar-refractivity contribution in [2.24, 2.45) is 0 Å². The number of hydrogen-bond donors (Lipinski definition) is 1. The number of halogens is 1. The second-order valence-corrected chi connectivity index (χ2v) is 8.07. The molecule has 0 radical (unpaired) electrons. The molecule has 1 N–H and O–H groups in total. The van der Waals surface area contributed by atoms with Gasteiger partial charge in [0.25, 0.3) is 0 Å². The third-order valence-electron chi connectivity index (χ3n) is 3.96. The number of carbonyl (C=O) groups is 1. The van der Waals surface area contributed by atoms with Crippen molar-refractivity contribution < 1.29 is 9.90 Å². The third kappa shape index (κ3) is 4.79. The maximum atomic E-state index is 11.8. The molecule has 0 aliphatic heterocycles. The Balaban J connectivity index is 1.92. The molecule has 3 aromatic rings. The molecule has 3 rings (SSSR count). The van der Waals surface area contributed by atoms with Gasteiger partial charge in [-0.15, -0.1) is 22.0 Å². The van der Waals surface area contributed by atoms with Crippen LogP contribution in [0.15, 0.2) is 63.5 Å². The molecule has 0 aliphatic carbocycles. The summed E-state index contributed by atoms with van der Waals surface area (Å²) in [6, 6.07) is 15.1. The molecule has 5 nitrogen and oxygen atoms in total. The maximum Gasteiger partial charge on any atom is 0.342 e. The number of nitrogens with zero attached hydrogens (tertiary/aromatic N) is 3. The van der Waals surface area contributed by atoms with Crippen LogP contribution in [-0.4, -0.2) is 32.1 Å². The Bertz CT molecular complexity index is 999. The van der Waals surface area contributed by atoms with Gasteiger partial charge in [-0.3, -0.25) is 0 Å². The zero-order chi connectivity index (χ0) is 20.1. The Hall–Kier alpha value is -2.22. The van der Waals surface area contributed by atoms with Crippen molar-refractivity contribution in [1.82, 2.24) is 14.8 Å². The summed E-state index contributed by atoms with van der Waals surface area (Å²) in [5, 5.41) is 19.3. The van der Waals surface area contributed by atoms with Gasteiger partial charge in [0.15, 0.2) is 11.0 Å². The van der Waals surface area contributed by atoms with Crippen LogP contribution in [0.25, 0.3) is 17.5 Å². The van der Waals surface area contributed by atoms with Gasteiger partial charge in [-0.2, -0.15) is 0 Å². The van der Waals surface area contributed by atoms with Crippen molar-refractivity contribution in [3.05, 3.63) is 64.0 Å². The van der Waals surface area contributed by atoms with E-state index in [2.05, 4.69) is 10.2 Å². The average Bonchev–Trinajstić information content (AvgIpc) is 3.11. The van der Waals surface area contributed by atoms with Gasteiger partial charge in [-0.1, -0.05) is 23.7 Å². The molecule has 0 saturated heterocycles. The molecule has 144 valence electrons. The standard InChI is InChI=1S/C20H18ClN3O2S2/c1-3-24-18(14-6-8-15(21)9-7-14)22-23-20(24)28-17(19(25)26)12-13-4-10-16(27-2)11-5-13/h4-12H,3H2,1-2H3,(H,25,26)/b17-12-. The minimum absolute atomic E-state index is 0.182. The topological polar surface area (TPSA) is 68.0 Å². The molecule has 2 aromatic carbocycles. The summed E-state index contributed by atoms with van der Waals surface area (Å²) in [4.78, 5) is 13.1. The summed E-state index contributed by atoms with van der Waals surface area (Å²) < 4.78 is 1.89.